The maximum atomic E-state index is 13.4. The Morgan fingerprint density at radius 3 is 2.35 bits per heavy atom. The summed E-state index contributed by atoms with van der Waals surface area (Å²) in [6.07, 6.45) is 6.08. The van der Waals surface area contributed by atoms with Crippen LogP contribution in [0.4, 0.5) is 4.39 Å². The summed E-state index contributed by atoms with van der Waals surface area (Å²) in [6.45, 7) is 5.68. The van der Waals surface area contributed by atoms with E-state index in [1.807, 2.05) is 19.2 Å². The Hall–Kier alpha value is -2.21. The van der Waals surface area contributed by atoms with Crippen molar-refractivity contribution in [1.82, 2.24) is 9.80 Å². The fourth-order valence-corrected chi connectivity index (χ4v) is 5.11. The van der Waals surface area contributed by atoms with Crippen LogP contribution in [0.2, 0.25) is 0 Å². The van der Waals surface area contributed by atoms with Gasteiger partial charge in [-0.05, 0) is 60.9 Å². The fraction of sp³-hybridized carbons (Fsp3) is 0.520. The Morgan fingerprint density at radius 1 is 1.03 bits per heavy atom. The van der Waals surface area contributed by atoms with Crippen molar-refractivity contribution in [3.63, 3.8) is 0 Å². The van der Waals surface area contributed by atoms with Crippen molar-refractivity contribution >= 4 is 23.2 Å². The van der Waals surface area contributed by atoms with E-state index in [-0.39, 0.29) is 30.1 Å². The normalized spacial score (nSPS) is 14.4. The van der Waals surface area contributed by atoms with Crippen LogP contribution in [0.3, 0.4) is 0 Å². The van der Waals surface area contributed by atoms with Crippen molar-refractivity contribution in [3.8, 4) is 0 Å². The summed E-state index contributed by atoms with van der Waals surface area (Å²) in [5.74, 6) is -0.167. The Balaban J connectivity index is 1.75. The van der Waals surface area contributed by atoms with E-state index < -0.39 is 0 Å². The van der Waals surface area contributed by atoms with Gasteiger partial charge in [-0.25, -0.2) is 4.39 Å². The molecular formula is C25H33FN2O2S. The third-order valence-corrected chi connectivity index (χ3v) is 7.04. The van der Waals surface area contributed by atoms with Gasteiger partial charge < -0.3 is 9.80 Å². The summed E-state index contributed by atoms with van der Waals surface area (Å²) >= 11 is 1.63. The number of hydrogen-bond acceptors (Lipinski definition) is 3. The van der Waals surface area contributed by atoms with E-state index in [4.69, 9.17) is 0 Å². The highest BCUT2D eigenvalue weighted by Crippen LogP contribution is 2.26. The fourth-order valence-electron chi connectivity index (χ4n) is 4.19. The number of carbonyl (C=O) groups is 2. The van der Waals surface area contributed by atoms with E-state index in [1.165, 1.54) is 18.6 Å². The lowest BCUT2D eigenvalue weighted by atomic mass is 9.88. The first-order valence-electron chi connectivity index (χ1n) is 11.3. The summed E-state index contributed by atoms with van der Waals surface area (Å²) in [5, 5.41) is 2.03. The molecule has 0 N–H and O–H groups in total. The molecule has 0 unspecified atom stereocenters. The summed E-state index contributed by atoms with van der Waals surface area (Å²) in [4.78, 5) is 31.2. The van der Waals surface area contributed by atoms with Crippen LogP contribution >= 0.6 is 11.3 Å². The van der Waals surface area contributed by atoms with Gasteiger partial charge in [0.1, 0.15) is 5.82 Å². The van der Waals surface area contributed by atoms with Crippen molar-refractivity contribution in [3.05, 3.63) is 57.5 Å². The van der Waals surface area contributed by atoms with Gasteiger partial charge in [0.15, 0.2) is 0 Å². The van der Waals surface area contributed by atoms with Crippen LogP contribution in [-0.2, 0) is 22.7 Å². The predicted molar refractivity (Wildman–Crippen MR) is 123 cm³/mol. The monoisotopic (exact) mass is 444 g/mol. The van der Waals surface area contributed by atoms with Gasteiger partial charge in [-0.1, -0.05) is 38.3 Å². The second kappa shape index (κ2) is 11.4. The highest BCUT2D eigenvalue weighted by molar-refractivity contribution is 7.10. The highest BCUT2D eigenvalue weighted by Gasteiger charge is 2.28. The van der Waals surface area contributed by atoms with Crippen molar-refractivity contribution < 1.29 is 14.0 Å². The van der Waals surface area contributed by atoms with Crippen LogP contribution in [0, 0.1) is 18.7 Å². The zero-order valence-electron chi connectivity index (χ0n) is 18.6. The van der Waals surface area contributed by atoms with Crippen LogP contribution in [0.25, 0.3) is 0 Å². The number of benzene rings is 1. The second-order valence-corrected chi connectivity index (χ2v) is 9.50. The van der Waals surface area contributed by atoms with Crippen molar-refractivity contribution in [2.45, 2.75) is 65.5 Å². The molecule has 2 aromatic rings. The van der Waals surface area contributed by atoms with Gasteiger partial charge in [0.25, 0.3) is 0 Å². The molecule has 1 aromatic heterocycles. The maximum Gasteiger partial charge on any atom is 0.242 e. The Kier molecular flexibility index (Phi) is 8.64. The molecule has 0 bridgehead atoms. The first kappa shape index (κ1) is 23.5. The average Bonchev–Trinajstić information content (AvgIpc) is 3.19. The zero-order valence-corrected chi connectivity index (χ0v) is 19.4. The van der Waals surface area contributed by atoms with Gasteiger partial charge in [-0.2, -0.15) is 0 Å². The summed E-state index contributed by atoms with van der Waals surface area (Å²) in [5.41, 5.74) is 2.04. The molecule has 0 saturated heterocycles. The van der Waals surface area contributed by atoms with Crippen LogP contribution in [0.15, 0.2) is 35.7 Å². The van der Waals surface area contributed by atoms with Crippen molar-refractivity contribution in [2.24, 2.45) is 5.92 Å². The smallest absolute Gasteiger partial charge is 0.242 e. The van der Waals surface area contributed by atoms with Gasteiger partial charge >= 0.3 is 0 Å². The third-order valence-electron chi connectivity index (χ3n) is 6.03. The molecular weight excluding hydrogens is 411 g/mol. The lowest BCUT2D eigenvalue weighted by molar-refractivity contribution is -0.144. The minimum Gasteiger partial charge on any atom is -0.333 e. The van der Waals surface area contributed by atoms with E-state index >= 15 is 0 Å². The number of amides is 2. The molecule has 0 radical (unpaired) electrons. The van der Waals surface area contributed by atoms with Gasteiger partial charge in [0.05, 0.1) is 13.1 Å². The quantitative estimate of drug-likeness (QED) is 0.509. The molecule has 1 heterocycles. The summed E-state index contributed by atoms with van der Waals surface area (Å²) in [6, 6.07) is 8.33. The minimum absolute atomic E-state index is 0.0539. The summed E-state index contributed by atoms with van der Waals surface area (Å²) < 4.78 is 13.3. The third kappa shape index (κ3) is 6.63. The average molecular weight is 445 g/mol. The zero-order chi connectivity index (χ0) is 22.2. The predicted octanol–water partition coefficient (Wildman–Crippen LogP) is 5.54. The van der Waals surface area contributed by atoms with Gasteiger partial charge in [0.2, 0.25) is 11.8 Å². The Bertz CT molecular complexity index is 859. The molecule has 0 atom stereocenters. The van der Waals surface area contributed by atoms with E-state index in [1.54, 1.807) is 33.3 Å². The number of carbonyl (C=O) groups excluding carboxylic acids is 2. The molecule has 1 aliphatic carbocycles. The van der Waals surface area contributed by atoms with Crippen LogP contribution < -0.4 is 0 Å². The SMILES string of the molecule is CCCN(CC(=O)N(Cc1ccc(F)cc1)Cc1sccc1C)C(=O)C1CCCCC1. The highest BCUT2D eigenvalue weighted by atomic mass is 32.1. The Morgan fingerprint density at radius 2 is 1.74 bits per heavy atom. The number of aryl methyl sites for hydroxylation is 1. The molecule has 0 aliphatic heterocycles. The number of rotatable bonds is 9. The maximum absolute atomic E-state index is 13.4. The molecule has 31 heavy (non-hydrogen) atoms. The lowest BCUT2D eigenvalue weighted by Gasteiger charge is -2.31. The van der Waals surface area contributed by atoms with E-state index in [9.17, 15) is 14.0 Å². The molecule has 1 saturated carbocycles. The van der Waals surface area contributed by atoms with Crippen molar-refractivity contribution in [1.29, 1.82) is 0 Å². The van der Waals surface area contributed by atoms with E-state index in [0.29, 0.717) is 19.6 Å². The molecule has 1 aliphatic rings. The molecule has 6 heteroatoms. The number of hydrogen-bond donors (Lipinski definition) is 0. The van der Waals surface area contributed by atoms with Crippen LogP contribution in [-0.4, -0.2) is 34.7 Å². The topological polar surface area (TPSA) is 40.6 Å². The van der Waals surface area contributed by atoms with E-state index in [0.717, 1.165) is 48.1 Å². The minimum atomic E-state index is -0.289. The van der Waals surface area contributed by atoms with Gasteiger partial charge in [-0.3, -0.25) is 9.59 Å². The first-order valence-corrected chi connectivity index (χ1v) is 12.2. The Labute approximate surface area is 189 Å². The van der Waals surface area contributed by atoms with E-state index in [2.05, 4.69) is 6.07 Å². The molecule has 0 spiro atoms. The largest absolute Gasteiger partial charge is 0.333 e. The molecule has 1 aromatic carbocycles. The van der Waals surface area contributed by atoms with Crippen LogP contribution in [0.1, 0.15) is 61.5 Å². The van der Waals surface area contributed by atoms with Crippen LogP contribution in [0.5, 0.6) is 0 Å². The molecule has 2 amide bonds. The molecule has 4 nitrogen and oxygen atoms in total. The molecule has 1 fully saturated rings. The lowest BCUT2D eigenvalue weighted by Crippen LogP contribution is -2.45. The number of thiophene rings is 1. The standard InChI is InChI=1S/C25H33FN2O2S/c1-3-14-27(25(30)21-7-5-4-6-8-21)18-24(29)28(17-23-19(2)13-15-31-23)16-20-9-11-22(26)12-10-20/h9-13,15,21H,3-8,14,16-18H2,1-2H3. The number of halogens is 1. The second-order valence-electron chi connectivity index (χ2n) is 8.50. The van der Waals surface area contributed by atoms with Gasteiger partial charge in [-0.15, -0.1) is 11.3 Å². The number of nitrogens with zero attached hydrogens (tertiary/aromatic N) is 2. The van der Waals surface area contributed by atoms with Gasteiger partial charge in [0, 0.05) is 23.9 Å². The first-order chi connectivity index (χ1) is 15.0. The molecule has 168 valence electrons. The molecule has 3 rings (SSSR count). The summed E-state index contributed by atoms with van der Waals surface area (Å²) in [7, 11) is 0. The van der Waals surface area contributed by atoms with Crippen molar-refractivity contribution in [2.75, 3.05) is 13.1 Å².